The van der Waals surface area contributed by atoms with Crippen molar-refractivity contribution in [3.63, 3.8) is 0 Å². The van der Waals surface area contributed by atoms with Gasteiger partial charge in [-0.1, -0.05) is 30.3 Å². The van der Waals surface area contributed by atoms with E-state index in [2.05, 4.69) is 0 Å². The second kappa shape index (κ2) is 8.93. The van der Waals surface area contributed by atoms with Crippen LogP contribution in [0.2, 0.25) is 0 Å². The number of benzene rings is 2. The highest BCUT2D eigenvalue weighted by Gasteiger charge is 2.13. The zero-order valence-electron chi connectivity index (χ0n) is 14.3. The lowest BCUT2D eigenvalue weighted by atomic mass is 10.0. The molecule has 0 unspecified atom stereocenters. The van der Waals surface area contributed by atoms with Crippen LogP contribution in [0.15, 0.2) is 48.5 Å². The Bertz CT molecular complexity index is 668. The third kappa shape index (κ3) is 4.49. The van der Waals surface area contributed by atoms with Gasteiger partial charge >= 0.3 is 6.09 Å². The highest BCUT2D eigenvalue weighted by Crippen LogP contribution is 2.32. The van der Waals surface area contributed by atoms with Gasteiger partial charge in [0, 0.05) is 25.8 Å². The maximum atomic E-state index is 12.1. The molecule has 24 heavy (non-hydrogen) atoms. The SMILES string of the molecule is CCN(CC)C(=O)Oc1cccc(-c2ccccc2OCOC)c1. The summed E-state index contributed by atoms with van der Waals surface area (Å²) in [7, 11) is 1.58. The van der Waals surface area contributed by atoms with Crippen LogP contribution in [0.1, 0.15) is 13.8 Å². The molecule has 2 rings (SSSR count). The zero-order valence-corrected chi connectivity index (χ0v) is 14.3. The van der Waals surface area contributed by atoms with E-state index in [4.69, 9.17) is 14.2 Å². The lowest BCUT2D eigenvalue weighted by molar-refractivity contribution is 0.0515. The summed E-state index contributed by atoms with van der Waals surface area (Å²) < 4.78 is 16.0. The van der Waals surface area contributed by atoms with Gasteiger partial charge in [0.25, 0.3) is 0 Å². The van der Waals surface area contributed by atoms with Crippen LogP contribution < -0.4 is 9.47 Å². The Hall–Kier alpha value is -2.53. The predicted octanol–water partition coefficient (Wildman–Crippen LogP) is 4.18. The van der Waals surface area contributed by atoms with Gasteiger partial charge in [-0.3, -0.25) is 0 Å². The van der Waals surface area contributed by atoms with Crippen LogP contribution in [0, 0.1) is 0 Å². The van der Waals surface area contributed by atoms with Crippen molar-refractivity contribution in [3.8, 4) is 22.6 Å². The van der Waals surface area contributed by atoms with Crippen molar-refractivity contribution in [2.24, 2.45) is 0 Å². The van der Waals surface area contributed by atoms with Gasteiger partial charge in [0.1, 0.15) is 11.5 Å². The average molecular weight is 329 g/mol. The fourth-order valence-electron chi connectivity index (χ4n) is 2.33. The van der Waals surface area contributed by atoms with Crippen LogP contribution in [0.5, 0.6) is 11.5 Å². The Balaban J connectivity index is 2.23. The Morgan fingerprint density at radius 1 is 1.04 bits per heavy atom. The van der Waals surface area contributed by atoms with Crippen molar-refractivity contribution >= 4 is 6.09 Å². The van der Waals surface area contributed by atoms with Crippen LogP contribution in [0.4, 0.5) is 4.79 Å². The van der Waals surface area contributed by atoms with Gasteiger partial charge in [-0.2, -0.15) is 0 Å². The number of carbonyl (C=O) groups is 1. The molecule has 0 radical (unpaired) electrons. The molecule has 2 aromatic rings. The summed E-state index contributed by atoms with van der Waals surface area (Å²) >= 11 is 0. The summed E-state index contributed by atoms with van der Waals surface area (Å²) in [6, 6.07) is 15.1. The van der Waals surface area contributed by atoms with Gasteiger partial charge in [0.05, 0.1) is 0 Å². The number of rotatable bonds is 7. The van der Waals surface area contributed by atoms with E-state index >= 15 is 0 Å². The third-order valence-electron chi connectivity index (χ3n) is 3.59. The van der Waals surface area contributed by atoms with Crippen molar-refractivity contribution in [3.05, 3.63) is 48.5 Å². The first-order valence-electron chi connectivity index (χ1n) is 7.97. The Morgan fingerprint density at radius 3 is 2.50 bits per heavy atom. The van der Waals surface area contributed by atoms with Crippen LogP contribution in [-0.2, 0) is 4.74 Å². The quantitative estimate of drug-likeness (QED) is 0.715. The van der Waals surface area contributed by atoms with Crippen LogP contribution in [-0.4, -0.2) is 38.0 Å². The van der Waals surface area contributed by atoms with E-state index in [-0.39, 0.29) is 12.9 Å². The standard InChI is InChI=1S/C19H23NO4/c1-4-20(5-2)19(21)24-16-10-8-9-15(13-16)17-11-6-7-12-18(17)23-14-22-3/h6-13H,4-5,14H2,1-3H3. The first kappa shape index (κ1) is 17.8. The number of hydrogen-bond acceptors (Lipinski definition) is 4. The maximum Gasteiger partial charge on any atom is 0.415 e. The number of para-hydroxylation sites is 1. The molecular formula is C19H23NO4. The minimum Gasteiger partial charge on any atom is -0.467 e. The number of nitrogens with zero attached hydrogens (tertiary/aromatic N) is 1. The van der Waals surface area contributed by atoms with E-state index in [1.165, 1.54) is 0 Å². The monoisotopic (exact) mass is 329 g/mol. The highest BCUT2D eigenvalue weighted by atomic mass is 16.7. The Morgan fingerprint density at radius 2 is 1.79 bits per heavy atom. The topological polar surface area (TPSA) is 48.0 Å². The molecule has 0 fully saturated rings. The number of ether oxygens (including phenoxy) is 3. The van der Waals surface area contributed by atoms with E-state index in [1.54, 1.807) is 18.1 Å². The third-order valence-corrected chi connectivity index (χ3v) is 3.59. The summed E-state index contributed by atoms with van der Waals surface area (Å²) in [4.78, 5) is 13.7. The molecule has 1 amide bonds. The van der Waals surface area contributed by atoms with Gasteiger partial charge in [-0.15, -0.1) is 0 Å². The molecule has 5 nitrogen and oxygen atoms in total. The molecule has 0 bridgehead atoms. The molecule has 0 spiro atoms. The fourth-order valence-corrected chi connectivity index (χ4v) is 2.33. The molecule has 0 aliphatic heterocycles. The number of hydrogen-bond donors (Lipinski definition) is 0. The molecule has 0 N–H and O–H groups in total. The number of amides is 1. The molecule has 128 valence electrons. The average Bonchev–Trinajstić information content (AvgIpc) is 2.61. The van der Waals surface area contributed by atoms with E-state index in [1.807, 2.05) is 56.3 Å². The number of carbonyl (C=O) groups excluding carboxylic acids is 1. The van der Waals surface area contributed by atoms with E-state index in [9.17, 15) is 4.79 Å². The van der Waals surface area contributed by atoms with Crippen molar-refractivity contribution in [1.82, 2.24) is 4.90 Å². The zero-order chi connectivity index (χ0) is 17.4. The molecule has 0 heterocycles. The van der Waals surface area contributed by atoms with E-state index in [0.717, 1.165) is 11.1 Å². The van der Waals surface area contributed by atoms with Crippen molar-refractivity contribution in [2.75, 3.05) is 27.0 Å². The predicted molar refractivity (Wildman–Crippen MR) is 93.3 cm³/mol. The van der Waals surface area contributed by atoms with Gasteiger partial charge in [0.2, 0.25) is 0 Å². The molecule has 0 atom stereocenters. The molecule has 0 aliphatic carbocycles. The first-order chi connectivity index (χ1) is 11.7. The number of methoxy groups -OCH3 is 1. The molecule has 0 aliphatic rings. The van der Waals surface area contributed by atoms with Crippen molar-refractivity contribution in [2.45, 2.75) is 13.8 Å². The molecule has 0 aromatic heterocycles. The van der Waals surface area contributed by atoms with Gasteiger partial charge < -0.3 is 19.1 Å². The lowest BCUT2D eigenvalue weighted by Crippen LogP contribution is -2.33. The van der Waals surface area contributed by atoms with Gasteiger partial charge in [0.15, 0.2) is 6.79 Å². The van der Waals surface area contributed by atoms with Crippen molar-refractivity contribution < 1.29 is 19.0 Å². The van der Waals surface area contributed by atoms with Gasteiger partial charge in [-0.25, -0.2) is 4.79 Å². The second-order valence-corrected chi connectivity index (χ2v) is 5.12. The summed E-state index contributed by atoms with van der Waals surface area (Å²) in [6.07, 6.45) is -0.346. The van der Waals surface area contributed by atoms with Crippen molar-refractivity contribution in [1.29, 1.82) is 0 Å². The van der Waals surface area contributed by atoms with Crippen LogP contribution in [0.3, 0.4) is 0 Å². The van der Waals surface area contributed by atoms with Crippen LogP contribution in [0.25, 0.3) is 11.1 Å². The summed E-state index contributed by atoms with van der Waals surface area (Å²) in [5.74, 6) is 1.22. The largest absolute Gasteiger partial charge is 0.467 e. The minimum atomic E-state index is -0.346. The van der Waals surface area contributed by atoms with Crippen LogP contribution >= 0.6 is 0 Å². The summed E-state index contributed by atoms with van der Waals surface area (Å²) in [6.45, 7) is 5.24. The molecule has 2 aromatic carbocycles. The second-order valence-electron chi connectivity index (χ2n) is 5.12. The van der Waals surface area contributed by atoms with Gasteiger partial charge in [-0.05, 0) is 37.6 Å². The lowest BCUT2D eigenvalue weighted by Gasteiger charge is -2.18. The Kier molecular flexibility index (Phi) is 6.63. The normalized spacial score (nSPS) is 10.3. The highest BCUT2D eigenvalue weighted by molar-refractivity contribution is 5.74. The van der Waals surface area contributed by atoms with E-state index < -0.39 is 0 Å². The Labute approximate surface area is 142 Å². The maximum absolute atomic E-state index is 12.1. The minimum absolute atomic E-state index is 0.174. The van der Waals surface area contributed by atoms with E-state index in [0.29, 0.717) is 24.6 Å². The molecule has 5 heteroatoms. The molecule has 0 saturated heterocycles. The molecular weight excluding hydrogens is 306 g/mol. The summed E-state index contributed by atoms with van der Waals surface area (Å²) in [5.41, 5.74) is 1.82. The summed E-state index contributed by atoms with van der Waals surface area (Å²) in [5, 5.41) is 0. The smallest absolute Gasteiger partial charge is 0.415 e. The first-order valence-corrected chi connectivity index (χ1v) is 7.97. The fraction of sp³-hybridized carbons (Fsp3) is 0.316. The molecule has 0 saturated carbocycles.